The highest BCUT2D eigenvalue weighted by atomic mass is 14.3. The Morgan fingerprint density at radius 1 is 0.299 bits per heavy atom. The molecular formula is C67H48. The molecule has 1 aliphatic rings. The molecule has 0 heterocycles. The lowest BCUT2D eigenvalue weighted by Crippen LogP contribution is -1.94. The summed E-state index contributed by atoms with van der Waals surface area (Å²) in [5.41, 5.74) is 23.2. The summed E-state index contributed by atoms with van der Waals surface area (Å²) in [6, 6.07) is 85.5. The lowest BCUT2D eigenvalue weighted by Gasteiger charge is -2.16. The molecule has 1 aliphatic carbocycles. The van der Waals surface area contributed by atoms with Gasteiger partial charge in [-0.2, -0.15) is 0 Å². The number of fused-ring (bicyclic) bond motifs is 6. The van der Waals surface area contributed by atoms with E-state index < -0.39 is 0 Å². The summed E-state index contributed by atoms with van der Waals surface area (Å²) < 4.78 is 0. The molecule has 0 N–H and O–H groups in total. The first kappa shape index (κ1) is 41.1. The Balaban J connectivity index is 0.843. The molecule has 0 saturated heterocycles. The maximum Gasteiger partial charge on any atom is -0.00930 e. The molecule has 0 nitrogen and oxygen atoms in total. The largest absolute Gasteiger partial charge is 0.0622 e. The molecule has 0 bridgehead atoms. The van der Waals surface area contributed by atoms with Crippen LogP contribution in [0.3, 0.4) is 0 Å². The van der Waals surface area contributed by atoms with Crippen LogP contribution in [0.1, 0.15) is 61.2 Å². The second kappa shape index (κ2) is 18.5. The van der Waals surface area contributed by atoms with Crippen molar-refractivity contribution in [3.8, 4) is 33.4 Å². The highest BCUT2D eigenvalue weighted by Crippen LogP contribution is 2.46. The van der Waals surface area contributed by atoms with E-state index in [2.05, 4.69) is 280 Å². The van der Waals surface area contributed by atoms with Gasteiger partial charge in [0.15, 0.2) is 0 Å². The molecule has 316 valence electrons. The van der Waals surface area contributed by atoms with Gasteiger partial charge >= 0.3 is 0 Å². The Bertz CT molecular complexity index is 3470. The fraction of sp³-hybridized carbons (Fsp3) is 0.0149. The standard InChI is InChI=1S/C67H48/c1-47-17-5-6-20-55(47)58-23-9-14-28-63(58)66(52-18-3-2-4-19-52)45-50-35-31-48(32-36-50)39-41-53-43-44-54(57-22-8-7-21-56(53)57)42-40-49-33-37-51(38-34-49)46-67-64-29-15-12-26-61(64)59-24-10-11-25-60(59)62-27-13-16-30-65(62)67/h2-46H,1H3. The summed E-state index contributed by atoms with van der Waals surface area (Å²) in [5.74, 6) is 0. The molecule has 0 unspecified atom stereocenters. The van der Waals surface area contributed by atoms with Crippen LogP contribution in [0.2, 0.25) is 0 Å². The quantitative estimate of drug-likeness (QED) is 0.127. The van der Waals surface area contributed by atoms with E-state index in [1.54, 1.807) is 0 Å². The molecule has 0 aromatic heterocycles. The van der Waals surface area contributed by atoms with E-state index in [-0.39, 0.29) is 0 Å². The number of hydrogen-bond acceptors (Lipinski definition) is 0. The zero-order chi connectivity index (χ0) is 44.9. The van der Waals surface area contributed by atoms with Gasteiger partial charge in [0.05, 0.1) is 0 Å². The summed E-state index contributed by atoms with van der Waals surface area (Å²) in [5, 5.41) is 2.46. The van der Waals surface area contributed by atoms with Gasteiger partial charge in [0.25, 0.3) is 0 Å². The minimum absolute atomic E-state index is 1.16. The van der Waals surface area contributed by atoms with Crippen LogP contribution >= 0.6 is 0 Å². The van der Waals surface area contributed by atoms with Crippen molar-refractivity contribution in [2.24, 2.45) is 0 Å². The van der Waals surface area contributed by atoms with Gasteiger partial charge in [0.1, 0.15) is 0 Å². The number of hydrogen-bond donors (Lipinski definition) is 0. The first-order valence-electron chi connectivity index (χ1n) is 23.2. The maximum atomic E-state index is 2.35. The Kier molecular flexibility index (Phi) is 11.4. The number of aryl methyl sites for hydroxylation is 1. The highest BCUT2D eigenvalue weighted by molar-refractivity contribution is 6.06. The second-order valence-corrected chi connectivity index (χ2v) is 17.3. The molecule has 10 aromatic rings. The van der Waals surface area contributed by atoms with Gasteiger partial charge in [-0.15, -0.1) is 0 Å². The van der Waals surface area contributed by atoms with Crippen molar-refractivity contribution in [2.75, 3.05) is 0 Å². The maximum absolute atomic E-state index is 2.35. The molecule has 0 spiro atoms. The van der Waals surface area contributed by atoms with Crippen LogP contribution in [0.4, 0.5) is 0 Å². The van der Waals surface area contributed by atoms with Crippen molar-refractivity contribution in [1.29, 1.82) is 0 Å². The minimum Gasteiger partial charge on any atom is -0.0622 e. The van der Waals surface area contributed by atoms with E-state index in [9.17, 15) is 0 Å². The summed E-state index contributed by atoms with van der Waals surface area (Å²) in [6.45, 7) is 2.19. The first-order chi connectivity index (χ1) is 33.1. The van der Waals surface area contributed by atoms with Crippen molar-refractivity contribution in [1.82, 2.24) is 0 Å². The number of benzene rings is 10. The smallest absolute Gasteiger partial charge is 0.00930 e. The Morgan fingerprint density at radius 3 is 1.24 bits per heavy atom. The summed E-state index contributed by atoms with van der Waals surface area (Å²) in [7, 11) is 0. The predicted octanol–water partition coefficient (Wildman–Crippen LogP) is 18.0. The van der Waals surface area contributed by atoms with Crippen molar-refractivity contribution >= 4 is 58.4 Å². The van der Waals surface area contributed by atoms with E-state index in [0.29, 0.717) is 0 Å². The molecule has 0 saturated carbocycles. The van der Waals surface area contributed by atoms with Crippen LogP contribution in [0, 0.1) is 6.92 Å². The van der Waals surface area contributed by atoms with Gasteiger partial charge in [-0.3, -0.25) is 0 Å². The highest BCUT2D eigenvalue weighted by Gasteiger charge is 2.22. The normalized spacial score (nSPS) is 12.2. The van der Waals surface area contributed by atoms with E-state index in [4.69, 9.17) is 0 Å². The summed E-state index contributed by atoms with van der Waals surface area (Å²) in [4.78, 5) is 0. The van der Waals surface area contributed by atoms with E-state index in [1.165, 1.54) is 99.8 Å². The Labute approximate surface area is 394 Å². The van der Waals surface area contributed by atoms with Crippen LogP contribution in [0.5, 0.6) is 0 Å². The van der Waals surface area contributed by atoms with Crippen molar-refractivity contribution < 1.29 is 0 Å². The molecule has 67 heavy (non-hydrogen) atoms. The van der Waals surface area contributed by atoms with Crippen LogP contribution in [0.25, 0.3) is 91.8 Å². The van der Waals surface area contributed by atoms with Crippen LogP contribution in [-0.2, 0) is 0 Å². The zero-order valence-corrected chi connectivity index (χ0v) is 37.5. The van der Waals surface area contributed by atoms with Crippen molar-refractivity contribution in [3.63, 3.8) is 0 Å². The monoisotopic (exact) mass is 852 g/mol. The molecule has 0 amide bonds. The Morgan fingerprint density at radius 2 is 0.701 bits per heavy atom. The summed E-state index contributed by atoms with van der Waals surface area (Å²) in [6.07, 6.45) is 13.6. The lowest BCUT2D eigenvalue weighted by molar-refractivity contribution is 1.44. The van der Waals surface area contributed by atoms with E-state index >= 15 is 0 Å². The molecule has 0 radical (unpaired) electrons. The van der Waals surface area contributed by atoms with Crippen molar-refractivity contribution in [2.45, 2.75) is 6.92 Å². The molecule has 0 atom stereocenters. The third kappa shape index (κ3) is 8.46. The fourth-order valence-corrected chi connectivity index (χ4v) is 9.67. The van der Waals surface area contributed by atoms with Gasteiger partial charge in [-0.1, -0.05) is 261 Å². The van der Waals surface area contributed by atoms with Crippen LogP contribution < -0.4 is 0 Å². The Hall–Kier alpha value is -8.58. The molecule has 0 heteroatoms. The average molecular weight is 853 g/mol. The number of rotatable bonds is 9. The first-order valence-corrected chi connectivity index (χ1v) is 23.2. The van der Waals surface area contributed by atoms with Gasteiger partial charge < -0.3 is 0 Å². The van der Waals surface area contributed by atoms with Crippen LogP contribution in [0.15, 0.2) is 237 Å². The molecule has 11 rings (SSSR count). The molecular weight excluding hydrogens is 805 g/mol. The van der Waals surface area contributed by atoms with Gasteiger partial charge in [-0.25, -0.2) is 0 Å². The second-order valence-electron chi connectivity index (χ2n) is 17.3. The molecule has 10 aromatic carbocycles. The minimum atomic E-state index is 1.16. The van der Waals surface area contributed by atoms with Gasteiger partial charge in [0, 0.05) is 0 Å². The van der Waals surface area contributed by atoms with Gasteiger partial charge in [-0.05, 0) is 136 Å². The van der Waals surface area contributed by atoms with E-state index in [0.717, 1.165) is 16.7 Å². The molecule has 0 aliphatic heterocycles. The van der Waals surface area contributed by atoms with Crippen molar-refractivity contribution in [3.05, 3.63) is 298 Å². The van der Waals surface area contributed by atoms with E-state index in [1.807, 2.05) is 0 Å². The third-order valence-electron chi connectivity index (χ3n) is 13.1. The SMILES string of the molecule is Cc1ccccc1-c1ccccc1C(=Cc1ccc(C=Cc2ccc(C=Cc3ccc(C=C4c5ccccc5-c5ccccc5-c5ccccc54)cc3)c3ccccc23)cc1)c1ccccc1. The third-order valence-corrected chi connectivity index (χ3v) is 13.1. The summed E-state index contributed by atoms with van der Waals surface area (Å²) >= 11 is 0. The topological polar surface area (TPSA) is 0 Å². The fourth-order valence-electron chi connectivity index (χ4n) is 9.67. The lowest BCUT2D eigenvalue weighted by atomic mass is 9.88. The predicted molar refractivity (Wildman–Crippen MR) is 289 cm³/mol. The zero-order valence-electron chi connectivity index (χ0n) is 37.5. The molecule has 0 fully saturated rings. The van der Waals surface area contributed by atoms with Gasteiger partial charge in [0.2, 0.25) is 0 Å². The average Bonchev–Trinajstić information content (AvgIpc) is 3.50. The van der Waals surface area contributed by atoms with Crippen LogP contribution in [-0.4, -0.2) is 0 Å².